The van der Waals surface area contributed by atoms with Gasteiger partial charge in [0.05, 0.1) is 5.57 Å². The third kappa shape index (κ3) is 3.29. The molecule has 0 bridgehead atoms. The number of benzene rings is 2. The van der Waals surface area contributed by atoms with Crippen molar-refractivity contribution in [3.63, 3.8) is 0 Å². The van der Waals surface area contributed by atoms with Crippen LogP contribution in [-0.2, 0) is 10.8 Å². The first-order valence-corrected chi connectivity index (χ1v) is 9.68. The molecular formula is C24H25ClO3. The van der Waals surface area contributed by atoms with Gasteiger partial charge in [-0.3, -0.25) is 9.59 Å². The number of phenolic OH excluding ortho intramolecular Hbond substituents is 1. The van der Waals surface area contributed by atoms with Gasteiger partial charge in [-0.05, 0) is 39.7 Å². The summed E-state index contributed by atoms with van der Waals surface area (Å²) >= 11 is 6.47. The second-order valence-electron chi connectivity index (χ2n) is 9.31. The van der Waals surface area contributed by atoms with E-state index in [0.29, 0.717) is 22.3 Å². The molecule has 4 heteroatoms. The molecule has 0 saturated heterocycles. The van der Waals surface area contributed by atoms with Crippen molar-refractivity contribution in [2.45, 2.75) is 52.4 Å². The zero-order valence-electron chi connectivity index (χ0n) is 17.1. The van der Waals surface area contributed by atoms with E-state index in [9.17, 15) is 14.7 Å². The Bertz CT molecular complexity index is 1030. The van der Waals surface area contributed by atoms with Crippen molar-refractivity contribution in [1.82, 2.24) is 0 Å². The quantitative estimate of drug-likeness (QED) is 0.641. The van der Waals surface area contributed by atoms with Crippen LogP contribution in [-0.4, -0.2) is 16.7 Å². The number of carbonyl (C=O) groups is 2. The van der Waals surface area contributed by atoms with E-state index in [4.69, 9.17) is 11.6 Å². The predicted octanol–water partition coefficient (Wildman–Crippen LogP) is 6.02. The van der Waals surface area contributed by atoms with Crippen molar-refractivity contribution in [2.75, 3.05) is 0 Å². The fourth-order valence-corrected chi connectivity index (χ4v) is 3.89. The molecule has 146 valence electrons. The molecule has 0 spiro atoms. The first-order chi connectivity index (χ1) is 12.8. The molecule has 1 aliphatic carbocycles. The Kier molecular flexibility index (Phi) is 4.79. The lowest BCUT2D eigenvalue weighted by Crippen LogP contribution is -2.23. The minimum absolute atomic E-state index is 0.0697. The van der Waals surface area contributed by atoms with E-state index in [1.165, 1.54) is 0 Å². The Morgan fingerprint density at radius 3 is 1.75 bits per heavy atom. The molecule has 0 atom stereocenters. The van der Waals surface area contributed by atoms with Crippen molar-refractivity contribution in [2.24, 2.45) is 0 Å². The molecule has 2 aromatic rings. The van der Waals surface area contributed by atoms with Gasteiger partial charge in [0, 0.05) is 11.1 Å². The van der Waals surface area contributed by atoms with Crippen LogP contribution in [0.25, 0.3) is 5.57 Å². The van der Waals surface area contributed by atoms with Crippen LogP contribution in [0.5, 0.6) is 5.75 Å². The first kappa shape index (κ1) is 20.3. The molecule has 2 aromatic carbocycles. The van der Waals surface area contributed by atoms with E-state index in [1.807, 2.05) is 47.6 Å². The highest BCUT2D eigenvalue weighted by molar-refractivity contribution is 6.56. The van der Waals surface area contributed by atoms with Crippen LogP contribution in [0, 0.1) is 0 Å². The van der Waals surface area contributed by atoms with E-state index in [-0.39, 0.29) is 38.8 Å². The summed E-state index contributed by atoms with van der Waals surface area (Å²) in [5, 5.41) is 10.6. The van der Waals surface area contributed by atoms with Gasteiger partial charge in [0.15, 0.2) is 5.78 Å². The highest BCUT2D eigenvalue weighted by Gasteiger charge is 2.35. The first-order valence-electron chi connectivity index (χ1n) is 9.30. The molecule has 1 N–H and O–H groups in total. The fourth-order valence-electron chi connectivity index (χ4n) is 3.60. The summed E-state index contributed by atoms with van der Waals surface area (Å²) in [6.45, 7) is 12.0. The third-order valence-corrected chi connectivity index (χ3v) is 5.44. The number of hydrogen-bond acceptors (Lipinski definition) is 3. The molecule has 0 amide bonds. The Morgan fingerprint density at radius 1 is 0.750 bits per heavy atom. The molecule has 1 aliphatic rings. The molecule has 0 heterocycles. The highest BCUT2D eigenvalue weighted by atomic mass is 35.5. The third-order valence-electron chi connectivity index (χ3n) is 5.08. The van der Waals surface area contributed by atoms with Crippen LogP contribution in [0.4, 0.5) is 0 Å². The van der Waals surface area contributed by atoms with Crippen LogP contribution >= 0.6 is 11.6 Å². The maximum absolute atomic E-state index is 13.3. The Morgan fingerprint density at radius 2 is 1.25 bits per heavy atom. The van der Waals surface area contributed by atoms with Crippen LogP contribution in [0.3, 0.4) is 0 Å². The van der Waals surface area contributed by atoms with Crippen LogP contribution < -0.4 is 0 Å². The average Bonchev–Trinajstić information content (AvgIpc) is 2.59. The standard InChI is InChI=1S/C24H25ClO3/c1-23(2,3)16-12-18(26)17(24(4,5)6)11-15(16)19-20(25)22(28)14-10-8-7-9-13(14)21(19)27/h7-12,26H,1-6H3. The van der Waals surface area contributed by atoms with Crippen molar-refractivity contribution < 1.29 is 14.7 Å². The second kappa shape index (κ2) is 6.59. The van der Waals surface area contributed by atoms with Crippen LogP contribution in [0.1, 0.15) is 78.9 Å². The summed E-state index contributed by atoms with van der Waals surface area (Å²) in [6, 6.07) is 10.2. The summed E-state index contributed by atoms with van der Waals surface area (Å²) in [6.07, 6.45) is 0. The summed E-state index contributed by atoms with van der Waals surface area (Å²) < 4.78 is 0. The summed E-state index contributed by atoms with van der Waals surface area (Å²) in [4.78, 5) is 26.2. The van der Waals surface area contributed by atoms with E-state index >= 15 is 0 Å². The van der Waals surface area contributed by atoms with Gasteiger partial charge in [-0.2, -0.15) is 0 Å². The SMILES string of the molecule is CC(C)(C)c1cc(C2=C(Cl)C(=O)c3ccccc3C2=O)c(C(C)(C)C)cc1O. The predicted molar refractivity (Wildman–Crippen MR) is 113 cm³/mol. The molecule has 0 unspecified atom stereocenters. The molecule has 0 fully saturated rings. The number of fused-ring (bicyclic) bond motifs is 1. The average molecular weight is 397 g/mol. The molecule has 3 nitrogen and oxygen atoms in total. The van der Waals surface area contributed by atoms with Crippen molar-refractivity contribution in [1.29, 1.82) is 0 Å². The summed E-state index contributed by atoms with van der Waals surface area (Å²) in [5.41, 5.74) is 2.26. The van der Waals surface area contributed by atoms with Gasteiger partial charge >= 0.3 is 0 Å². The van der Waals surface area contributed by atoms with Gasteiger partial charge in [-0.1, -0.05) is 77.4 Å². The largest absolute Gasteiger partial charge is 0.508 e. The van der Waals surface area contributed by atoms with Crippen molar-refractivity contribution in [3.8, 4) is 5.75 Å². The Labute approximate surface area is 171 Å². The van der Waals surface area contributed by atoms with E-state index in [2.05, 4.69) is 0 Å². The number of carbonyl (C=O) groups excluding carboxylic acids is 2. The second-order valence-corrected chi connectivity index (χ2v) is 9.69. The monoisotopic (exact) mass is 396 g/mol. The number of allylic oxidation sites excluding steroid dienone is 2. The van der Waals surface area contributed by atoms with Gasteiger partial charge in [0.25, 0.3) is 0 Å². The molecule has 0 saturated carbocycles. The summed E-state index contributed by atoms with van der Waals surface area (Å²) in [5.74, 6) is -0.443. The smallest absolute Gasteiger partial charge is 0.205 e. The zero-order valence-corrected chi connectivity index (χ0v) is 17.9. The minimum Gasteiger partial charge on any atom is -0.508 e. The number of aromatic hydroxyl groups is 1. The maximum Gasteiger partial charge on any atom is 0.205 e. The molecule has 0 aliphatic heterocycles. The maximum atomic E-state index is 13.3. The molecule has 3 rings (SSSR count). The molecular weight excluding hydrogens is 372 g/mol. The lowest BCUT2D eigenvalue weighted by molar-refractivity contribution is 0.0998. The number of hydrogen-bond donors (Lipinski definition) is 1. The molecule has 0 aromatic heterocycles. The fraction of sp³-hybridized carbons (Fsp3) is 0.333. The van der Waals surface area contributed by atoms with Gasteiger partial charge < -0.3 is 5.11 Å². The summed E-state index contributed by atoms with van der Waals surface area (Å²) in [7, 11) is 0. The van der Waals surface area contributed by atoms with Crippen LogP contribution in [0.15, 0.2) is 41.4 Å². The zero-order chi connectivity index (χ0) is 21.0. The van der Waals surface area contributed by atoms with Crippen LogP contribution in [0.2, 0.25) is 0 Å². The Hall–Kier alpha value is -2.39. The highest BCUT2D eigenvalue weighted by Crippen LogP contribution is 2.43. The van der Waals surface area contributed by atoms with E-state index in [0.717, 1.165) is 5.56 Å². The number of Topliss-reactive ketones (excluding diaryl/α,β-unsaturated/α-hetero) is 2. The van der Waals surface area contributed by atoms with Gasteiger partial charge in [0.2, 0.25) is 5.78 Å². The number of ketones is 2. The number of phenols is 1. The van der Waals surface area contributed by atoms with Gasteiger partial charge in [-0.15, -0.1) is 0 Å². The normalized spacial score (nSPS) is 15.1. The Balaban J connectivity index is 2.38. The van der Waals surface area contributed by atoms with E-state index < -0.39 is 0 Å². The van der Waals surface area contributed by atoms with Crippen molar-refractivity contribution >= 4 is 28.7 Å². The number of halogens is 1. The number of rotatable bonds is 1. The van der Waals surface area contributed by atoms with Crippen molar-refractivity contribution in [3.05, 3.63) is 69.2 Å². The van der Waals surface area contributed by atoms with Gasteiger partial charge in [0.1, 0.15) is 10.8 Å². The molecule has 0 radical (unpaired) electrons. The molecule has 28 heavy (non-hydrogen) atoms. The minimum atomic E-state index is -0.367. The topological polar surface area (TPSA) is 54.4 Å². The lowest BCUT2D eigenvalue weighted by Gasteiger charge is -2.29. The lowest BCUT2D eigenvalue weighted by atomic mass is 9.75. The van der Waals surface area contributed by atoms with E-state index in [1.54, 1.807) is 30.3 Å². The van der Waals surface area contributed by atoms with Gasteiger partial charge in [-0.25, -0.2) is 0 Å².